The van der Waals surface area contributed by atoms with Crippen LogP contribution in [0, 0.1) is 5.92 Å². The zero-order valence-electron chi connectivity index (χ0n) is 20.5. The summed E-state index contributed by atoms with van der Waals surface area (Å²) in [7, 11) is 0. The van der Waals surface area contributed by atoms with Crippen molar-refractivity contribution in [1.29, 1.82) is 0 Å². The second kappa shape index (κ2) is 10.6. The molecule has 5 rings (SSSR count). The summed E-state index contributed by atoms with van der Waals surface area (Å²) in [5, 5.41) is 3.32. The molecule has 2 fully saturated rings. The maximum Gasteiger partial charge on any atom is 0.293 e. The number of fused-ring (bicyclic) bond motifs is 1. The molecular weight excluding hydrogens is 438 g/mol. The molecule has 2 aliphatic heterocycles. The summed E-state index contributed by atoms with van der Waals surface area (Å²) >= 11 is 0. The van der Waals surface area contributed by atoms with Crippen LogP contribution in [0.2, 0.25) is 0 Å². The summed E-state index contributed by atoms with van der Waals surface area (Å²) < 4.78 is 1.78. The number of rotatable bonds is 6. The molecule has 184 valence electrons. The summed E-state index contributed by atoms with van der Waals surface area (Å²) in [6.45, 7) is 6.83. The predicted octanol–water partition coefficient (Wildman–Crippen LogP) is 3.41. The number of aryl methyl sites for hydroxylation is 1. The van der Waals surface area contributed by atoms with Crippen molar-refractivity contribution >= 4 is 22.8 Å². The Morgan fingerprint density at radius 3 is 2.51 bits per heavy atom. The number of amides is 1. The van der Waals surface area contributed by atoms with Gasteiger partial charge < -0.3 is 14.8 Å². The highest BCUT2D eigenvalue weighted by molar-refractivity contribution is 5.80. The molecule has 0 bridgehead atoms. The minimum atomic E-state index is -0.117. The number of hydrogen-bond donors (Lipinski definition) is 1. The van der Waals surface area contributed by atoms with Crippen molar-refractivity contribution in [3.05, 3.63) is 70.5 Å². The molecule has 1 N–H and O–H groups in total. The quantitative estimate of drug-likeness (QED) is 0.594. The number of anilines is 1. The van der Waals surface area contributed by atoms with E-state index < -0.39 is 0 Å². The van der Waals surface area contributed by atoms with E-state index in [9.17, 15) is 9.59 Å². The number of benzene rings is 2. The lowest BCUT2D eigenvalue weighted by molar-refractivity contribution is -0.126. The second-order valence-electron chi connectivity index (χ2n) is 9.80. The fourth-order valence-corrected chi connectivity index (χ4v) is 5.48. The smallest absolute Gasteiger partial charge is 0.293 e. The molecule has 1 unspecified atom stereocenters. The third-order valence-corrected chi connectivity index (χ3v) is 7.43. The lowest BCUT2D eigenvalue weighted by atomic mass is 9.95. The number of nitrogens with zero attached hydrogens (tertiary/aromatic N) is 4. The van der Waals surface area contributed by atoms with Gasteiger partial charge in [-0.05, 0) is 50.3 Å². The molecular formula is C28H35N5O2. The molecule has 35 heavy (non-hydrogen) atoms. The highest BCUT2D eigenvalue weighted by atomic mass is 16.2. The van der Waals surface area contributed by atoms with Crippen molar-refractivity contribution in [2.45, 2.75) is 51.7 Å². The first-order chi connectivity index (χ1) is 17.1. The predicted molar refractivity (Wildman–Crippen MR) is 139 cm³/mol. The molecule has 2 aromatic carbocycles. The van der Waals surface area contributed by atoms with Crippen LogP contribution in [0.5, 0.6) is 0 Å². The normalized spacial score (nSPS) is 19.7. The average molecular weight is 474 g/mol. The summed E-state index contributed by atoms with van der Waals surface area (Å²) in [6.07, 6.45) is 3.68. The minimum absolute atomic E-state index is 0.0713. The lowest BCUT2D eigenvalue weighted by Crippen LogP contribution is -2.50. The van der Waals surface area contributed by atoms with Crippen molar-refractivity contribution in [1.82, 2.24) is 19.8 Å². The van der Waals surface area contributed by atoms with Crippen molar-refractivity contribution in [3.63, 3.8) is 0 Å². The van der Waals surface area contributed by atoms with E-state index in [0.717, 1.165) is 62.9 Å². The molecule has 0 radical (unpaired) electrons. The van der Waals surface area contributed by atoms with Crippen molar-refractivity contribution in [2.75, 3.05) is 31.1 Å². The average Bonchev–Trinajstić information content (AvgIpc) is 2.90. The zero-order valence-corrected chi connectivity index (χ0v) is 20.5. The number of nitrogens with one attached hydrogen (secondary N) is 1. The van der Waals surface area contributed by atoms with Gasteiger partial charge in [-0.2, -0.15) is 0 Å². The third kappa shape index (κ3) is 5.25. The van der Waals surface area contributed by atoms with E-state index in [0.29, 0.717) is 18.9 Å². The van der Waals surface area contributed by atoms with Crippen LogP contribution in [0.1, 0.15) is 38.2 Å². The van der Waals surface area contributed by atoms with Gasteiger partial charge in [0.15, 0.2) is 5.82 Å². The molecule has 1 aromatic heterocycles. The van der Waals surface area contributed by atoms with Crippen LogP contribution in [0.15, 0.2) is 59.4 Å². The molecule has 0 saturated carbocycles. The molecule has 3 heterocycles. The Labute approximate surface area is 206 Å². The first kappa shape index (κ1) is 23.5. The largest absolute Gasteiger partial charge is 0.353 e. The van der Waals surface area contributed by atoms with Crippen molar-refractivity contribution in [2.24, 2.45) is 5.92 Å². The first-order valence-corrected chi connectivity index (χ1v) is 12.9. The molecule has 0 spiro atoms. The fourth-order valence-electron chi connectivity index (χ4n) is 5.48. The number of likely N-dealkylation sites (tertiary alicyclic amines) is 1. The van der Waals surface area contributed by atoms with Crippen LogP contribution in [0.25, 0.3) is 11.0 Å². The van der Waals surface area contributed by atoms with E-state index in [1.807, 2.05) is 42.2 Å². The van der Waals surface area contributed by atoms with Crippen molar-refractivity contribution < 1.29 is 4.79 Å². The Bertz CT molecular complexity index is 1220. The molecule has 2 aliphatic rings. The third-order valence-electron chi connectivity index (χ3n) is 7.43. The van der Waals surface area contributed by atoms with Crippen LogP contribution in [0.3, 0.4) is 0 Å². The Balaban J connectivity index is 1.20. The van der Waals surface area contributed by atoms with Gasteiger partial charge in [0.2, 0.25) is 5.91 Å². The standard InChI is InChI=1S/C28H35N5O2/c1-2-33-25-13-7-6-12-24(25)30-26(28(33)35)32-16-8-11-22(20-32)27(34)29-23-14-17-31(18-15-23)19-21-9-4-3-5-10-21/h3-7,9-10,12-13,22-23H,2,8,11,14-20H2,1H3,(H,29,34). The molecule has 7 heteroatoms. The van der Waals surface area contributed by atoms with E-state index in [-0.39, 0.29) is 23.4 Å². The van der Waals surface area contributed by atoms with E-state index in [1.165, 1.54) is 5.56 Å². The number of para-hydroxylation sites is 2. The first-order valence-electron chi connectivity index (χ1n) is 12.9. The van der Waals surface area contributed by atoms with E-state index >= 15 is 0 Å². The van der Waals surface area contributed by atoms with Gasteiger partial charge in [-0.15, -0.1) is 0 Å². The summed E-state index contributed by atoms with van der Waals surface area (Å²) in [5.74, 6) is 0.471. The number of piperidine rings is 2. The molecule has 2 saturated heterocycles. The fraction of sp³-hybridized carbons (Fsp3) is 0.464. The number of carbonyl (C=O) groups is 1. The Hall–Kier alpha value is -3.19. The summed E-state index contributed by atoms with van der Waals surface area (Å²) in [6, 6.07) is 18.5. The van der Waals surface area contributed by atoms with Gasteiger partial charge in [-0.1, -0.05) is 42.5 Å². The van der Waals surface area contributed by atoms with Gasteiger partial charge >= 0.3 is 0 Å². The molecule has 1 amide bonds. The van der Waals surface area contributed by atoms with Crippen LogP contribution in [0.4, 0.5) is 5.82 Å². The van der Waals surface area contributed by atoms with Gasteiger partial charge in [0, 0.05) is 45.3 Å². The van der Waals surface area contributed by atoms with Gasteiger partial charge in [0.1, 0.15) is 0 Å². The van der Waals surface area contributed by atoms with E-state index in [2.05, 4.69) is 34.5 Å². The Kier molecular flexibility index (Phi) is 7.13. The van der Waals surface area contributed by atoms with Crippen LogP contribution in [-0.4, -0.2) is 52.6 Å². The van der Waals surface area contributed by atoms with E-state index in [4.69, 9.17) is 4.98 Å². The molecule has 1 atom stereocenters. The summed E-state index contributed by atoms with van der Waals surface area (Å²) in [5.41, 5.74) is 2.94. The molecule has 3 aromatic rings. The number of hydrogen-bond acceptors (Lipinski definition) is 5. The van der Waals surface area contributed by atoms with Gasteiger partial charge in [0.25, 0.3) is 5.56 Å². The topological polar surface area (TPSA) is 70.5 Å². The number of aromatic nitrogens is 2. The number of carbonyl (C=O) groups excluding carboxylic acids is 1. The monoisotopic (exact) mass is 473 g/mol. The van der Waals surface area contributed by atoms with Crippen LogP contribution < -0.4 is 15.8 Å². The Morgan fingerprint density at radius 2 is 1.74 bits per heavy atom. The van der Waals surface area contributed by atoms with Crippen LogP contribution in [-0.2, 0) is 17.9 Å². The van der Waals surface area contributed by atoms with Gasteiger partial charge in [0.05, 0.1) is 17.0 Å². The maximum atomic E-state index is 13.2. The Morgan fingerprint density at radius 1 is 1.00 bits per heavy atom. The van der Waals surface area contributed by atoms with E-state index in [1.54, 1.807) is 4.57 Å². The minimum Gasteiger partial charge on any atom is -0.353 e. The zero-order chi connectivity index (χ0) is 24.2. The maximum absolute atomic E-state index is 13.2. The van der Waals surface area contributed by atoms with Crippen molar-refractivity contribution in [3.8, 4) is 0 Å². The lowest BCUT2D eigenvalue weighted by Gasteiger charge is -2.35. The highest BCUT2D eigenvalue weighted by Crippen LogP contribution is 2.23. The highest BCUT2D eigenvalue weighted by Gasteiger charge is 2.30. The van der Waals surface area contributed by atoms with Crippen LogP contribution >= 0.6 is 0 Å². The van der Waals surface area contributed by atoms with Gasteiger partial charge in [-0.3, -0.25) is 14.5 Å². The SMILES string of the molecule is CCn1c(=O)c(N2CCCC(C(=O)NC3CCN(Cc4ccccc4)CC3)C2)nc2ccccc21. The molecule has 0 aliphatic carbocycles. The summed E-state index contributed by atoms with van der Waals surface area (Å²) in [4.78, 5) is 35.6. The second-order valence-corrected chi connectivity index (χ2v) is 9.80. The molecule has 7 nitrogen and oxygen atoms in total. The van der Waals surface area contributed by atoms with Gasteiger partial charge in [-0.25, -0.2) is 4.98 Å².